The Labute approximate surface area is 70.7 Å². The van der Waals surface area contributed by atoms with E-state index < -0.39 is 0 Å². The molecule has 0 saturated heterocycles. The SMILES string of the molecule is C#Cc1ccc(CC(C)O)s1. The van der Waals surface area contributed by atoms with Gasteiger partial charge in [0.2, 0.25) is 0 Å². The first kappa shape index (κ1) is 8.32. The van der Waals surface area contributed by atoms with Crippen molar-refractivity contribution in [3.8, 4) is 12.3 Å². The molecule has 0 saturated carbocycles. The lowest BCUT2D eigenvalue weighted by molar-refractivity contribution is 0.196. The standard InChI is InChI=1S/C9H10OS/c1-3-8-4-5-9(11-8)6-7(2)10/h1,4-5,7,10H,6H2,2H3. The molecular formula is C9H10OS. The van der Waals surface area contributed by atoms with Gasteiger partial charge in [0.15, 0.2) is 0 Å². The van der Waals surface area contributed by atoms with Gasteiger partial charge in [-0.3, -0.25) is 0 Å². The van der Waals surface area contributed by atoms with Crippen LogP contribution in [0.4, 0.5) is 0 Å². The molecule has 1 heterocycles. The Hall–Kier alpha value is -0.780. The van der Waals surface area contributed by atoms with Crippen LogP contribution < -0.4 is 0 Å². The summed E-state index contributed by atoms with van der Waals surface area (Å²) in [6.45, 7) is 1.77. The molecule has 0 amide bonds. The molecule has 0 radical (unpaired) electrons. The maximum absolute atomic E-state index is 9.04. The van der Waals surface area contributed by atoms with E-state index in [1.54, 1.807) is 18.3 Å². The van der Waals surface area contributed by atoms with Gasteiger partial charge in [-0.05, 0) is 19.1 Å². The summed E-state index contributed by atoms with van der Waals surface area (Å²) >= 11 is 1.57. The van der Waals surface area contributed by atoms with Crippen molar-refractivity contribution in [2.75, 3.05) is 0 Å². The molecule has 1 nitrogen and oxygen atoms in total. The number of hydrogen-bond donors (Lipinski definition) is 1. The molecule has 0 aliphatic heterocycles. The maximum Gasteiger partial charge on any atom is 0.0768 e. The molecule has 0 aliphatic rings. The fourth-order valence-electron chi connectivity index (χ4n) is 0.856. The second-order valence-corrected chi connectivity index (χ2v) is 3.63. The third-order valence-corrected chi connectivity index (χ3v) is 2.34. The maximum atomic E-state index is 9.04. The minimum atomic E-state index is -0.278. The minimum absolute atomic E-state index is 0.278. The van der Waals surface area contributed by atoms with Crippen molar-refractivity contribution in [3.63, 3.8) is 0 Å². The van der Waals surface area contributed by atoms with E-state index in [4.69, 9.17) is 11.5 Å². The molecule has 1 unspecified atom stereocenters. The lowest BCUT2D eigenvalue weighted by Gasteiger charge is -1.98. The van der Waals surface area contributed by atoms with Crippen LogP contribution in [-0.4, -0.2) is 11.2 Å². The molecule has 0 spiro atoms. The van der Waals surface area contributed by atoms with E-state index in [1.165, 1.54) is 0 Å². The van der Waals surface area contributed by atoms with Gasteiger partial charge in [0, 0.05) is 11.3 Å². The normalized spacial score (nSPS) is 12.5. The van der Waals surface area contributed by atoms with Crippen molar-refractivity contribution in [2.24, 2.45) is 0 Å². The summed E-state index contributed by atoms with van der Waals surface area (Å²) in [7, 11) is 0. The zero-order valence-electron chi connectivity index (χ0n) is 6.37. The number of thiophene rings is 1. The zero-order chi connectivity index (χ0) is 8.27. The average Bonchev–Trinajstić information content (AvgIpc) is 2.34. The number of aliphatic hydroxyl groups excluding tert-OH is 1. The Balaban J connectivity index is 2.67. The van der Waals surface area contributed by atoms with Crippen LogP contribution in [-0.2, 0) is 6.42 Å². The Morgan fingerprint density at radius 2 is 2.45 bits per heavy atom. The molecule has 0 fully saturated rings. The lowest BCUT2D eigenvalue weighted by atomic mass is 10.2. The van der Waals surface area contributed by atoms with E-state index in [2.05, 4.69) is 5.92 Å². The highest BCUT2D eigenvalue weighted by Crippen LogP contribution is 2.16. The van der Waals surface area contributed by atoms with Crippen molar-refractivity contribution in [1.29, 1.82) is 0 Å². The summed E-state index contributed by atoms with van der Waals surface area (Å²) in [6, 6.07) is 3.87. The first-order valence-corrected chi connectivity index (χ1v) is 4.27. The molecule has 0 aromatic carbocycles. The van der Waals surface area contributed by atoms with Crippen molar-refractivity contribution in [1.82, 2.24) is 0 Å². The van der Waals surface area contributed by atoms with Crippen LogP contribution >= 0.6 is 11.3 Å². The Morgan fingerprint density at radius 1 is 1.73 bits per heavy atom. The van der Waals surface area contributed by atoms with Gasteiger partial charge in [0.25, 0.3) is 0 Å². The Kier molecular flexibility index (Phi) is 2.70. The fraction of sp³-hybridized carbons (Fsp3) is 0.333. The summed E-state index contributed by atoms with van der Waals surface area (Å²) in [5.41, 5.74) is 0. The quantitative estimate of drug-likeness (QED) is 0.662. The van der Waals surface area contributed by atoms with Crippen molar-refractivity contribution >= 4 is 11.3 Å². The predicted octanol–water partition coefficient (Wildman–Crippen LogP) is 1.65. The van der Waals surface area contributed by atoms with Crippen molar-refractivity contribution < 1.29 is 5.11 Å². The molecule has 1 rings (SSSR count). The van der Waals surface area contributed by atoms with Gasteiger partial charge in [-0.25, -0.2) is 0 Å². The number of terminal acetylenes is 1. The third kappa shape index (κ3) is 2.38. The van der Waals surface area contributed by atoms with Crippen molar-refractivity contribution in [2.45, 2.75) is 19.4 Å². The molecule has 1 atom stereocenters. The van der Waals surface area contributed by atoms with E-state index >= 15 is 0 Å². The first-order valence-electron chi connectivity index (χ1n) is 3.45. The van der Waals surface area contributed by atoms with Crippen molar-refractivity contribution in [3.05, 3.63) is 21.9 Å². The topological polar surface area (TPSA) is 20.2 Å². The van der Waals surface area contributed by atoms with E-state index in [9.17, 15) is 0 Å². The molecule has 1 N–H and O–H groups in total. The molecule has 2 heteroatoms. The van der Waals surface area contributed by atoms with Crippen LogP contribution in [0, 0.1) is 12.3 Å². The monoisotopic (exact) mass is 166 g/mol. The van der Waals surface area contributed by atoms with Crippen LogP contribution in [0.3, 0.4) is 0 Å². The van der Waals surface area contributed by atoms with Crippen LogP contribution in [0.1, 0.15) is 16.7 Å². The smallest absolute Gasteiger partial charge is 0.0768 e. The highest BCUT2D eigenvalue weighted by molar-refractivity contribution is 7.12. The van der Waals surface area contributed by atoms with Gasteiger partial charge < -0.3 is 5.11 Å². The zero-order valence-corrected chi connectivity index (χ0v) is 7.19. The number of rotatable bonds is 2. The highest BCUT2D eigenvalue weighted by atomic mass is 32.1. The summed E-state index contributed by atoms with van der Waals surface area (Å²) in [5, 5.41) is 9.04. The van der Waals surface area contributed by atoms with Gasteiger partial charge in [-0.1, -0.05) is 5.92 Å². The summed E-state index contributed by atoms with van der Waals surface area (Å²) in [5.74, 6) is 2.56. The molecule has 0 bridgehead atoms. The number of aliphatic hydroxyl groups is 1. The molecule has 0 aliphatic carbocycles. The lowest BCUT2D eigenvalue weighted by Crippen LogP contribution is -2.01. The molecular weight excluding hydrogens is 156 g/mol. The second kappa shape index (κ2) is 3.56. The summed E-state index contributed by atoms with van der Waals surface area (Å²) in [6.07, 6.45) is 5.61. The third-order valence-electron chi connectivity index (χ3n) is 1.30. The van der Waals surface area contributed by atoms with Gasteiger partial charge in [-0.15, -0.1) is 17.8 Å². The summed E-state index contributed by atoms with van der Waals surface area (Å²) in [4.78, 5) is 2.08. The van der Waals surface area contributed by atoms with Crippen LogP contribution in [0.2, 0.25) is 0 Å². The molecule has 11 heavy (non-hydrogen) atoms. The Morgan fingerprint density at radius 3 is 2.91 bits per heavy atom. The molecule has 58 valence electrons. The highest BCUT2D eigenvalue weighted by Gasteiger charge is 2.01. The van der Waals surface area contributed by atoms with Gasteiger partial charge >= 0.3 is 0 Å². The van der Waals surface area contributed by atoms with Crippen LogP contribution in [0.25, 0.3) is 0 Å². The van der Waals surface area contributed by atoms with E-state index in [0.29, 0.717) is 6.42 Å². The van der Waals surface area contributed by atoms with E-state index in [1.807, 2.05) is 12.1 Å². The average molecular weight is 166 g/mol. The van der Waals surface area contributed by atoms with E-state index in [-0.39, 0.29) is 6.10 Å². The fourth-order valence-corrected chi connectivity index (χ4v) is 1.79. The molecule has 1 aromatic heterocycles. The minimum Gasteiger partial charge on any atom is -0.393 e. The predicted molar refractivity (Wildman–Crippen MR) is 47.6 cm³/mol. The van der Waals surface area contributed by atoms with Gasteiger partial charge in [0.05, 0.1) is 11.0 Å². The first-order chi connectivity index (χ1) is 5.22. The number of hydrogen-bond acceptors (Lipinski definition) is 2. The second-order valence-electron chi connectivity index (χ2n) is 2.46. The molecule has 1 aromatic rings. The van der Waals surface area contributed by atoms with Gasteiger partial charge in [-0.2, -0.15) is 0 Å². The summed E-state index contributed by atoms with van der Waals surface area (Å²) < 4.78 is 0. The van der Waals surface area contributed by atoms with E-state index in [0.717, 1.165) is 9.75 Å². The van der Waals surface area contributed by atoms with Crippen LogP contribution in [0.15, 0.2) is 12.1 Å². The van der Waals surface area contributed by atoms with Crippen LogP contribution in [0.5, 0.6) is 0 Å². The Bertz CT molecular complexity index is 267. The largest absolute Gasteiger partial charge is 0.393 e. The van der Waals surface area contributed by atoms with Gasteiger partial charge in [0.1, 0.15) is 0 Å².